The van der Waals surface area contributed by atoms with Crippen LogP contribution in [0.1, 0.15) is 56.1 Å². The van der Waals surface area contributed by atoms with E-state index in [0.29, 0.717) is 12.8 Å². The Morgan fingerprint density at radius 3 is 2.26 bits per heavy atom. The number of alkyl carbamates (subject to hydrolysis) is 1. The molecule has 0 radical (unpaired) electrons. The highest BCUT2D eigenvalue weighted by molar-refractivity contribution is 5.85. The highest BCUT2D eigenvalue weighted by Gasteiger charge is 2.51. The Balaban J connectivity index is 1.15. The molecule has 35 heavy (non-hydrogen) atoms. The Morgan fingerprint density at radius 1 is 1.03 bits per heavy atom. The van der Waals surface area contributed by atoms with E-state index in [1.54, 1.807) is 4.90 Å². The first-order valence-corrected chi connectivity index (χ1v) is 12.6. The fourth-order valence-corrected chi connectivity index (χ4v) is 5.96. The zero-order chi connectivity index (χ0) is 24.6. The molecule has 7 heteroatoms. The standard InChI is InChI=1S/C28H32N2O5/c1-2-28(26(32)33)16-30(17-28)25(31)18-8-7-9-19(14-18)29-27(34)35-15-24-22-12-5-3-10-20(22)21-11-4-6-13-23(21)24/h3-6,10-13,18-19,24H,2,7-9,14-17H2,1H3,(H,29,34)(H,32,33)/t18-,19+/m1/s1. The van der Waals surface area contributed by atoms with E-state index in [1.165, 1.54) is 22.3 Å². The minimum Gasteiger partial charge on any atom is -0.481 e. The van der Waals surface area contributed by atoms with Crippen molar-refractivity contribution in [2.75, 3.05) is 19.7 Å². The second-order valence-electron chi connectivity index (χ2n) is 10.2. The topological polar surface area (TPSA) is 95.9 Å². The predicted molar refractivity (Wildman–Crippen MR) is 131 cm³/mol. The van der Waals surface area contributed by atoms with E-state index < -0.39 is 17.5 Å². The van der Waals surface area contributed by atoms with Gasteiger partial charge in [-0.3, -0.25) is 9.59 Å². The lowest BCUT2D eigenvalue weighted by Crippen LogP contribution is -2.63. The van der Waals surface area contributed by atoms with Gasteiger partial charge in [0.2, 0.25) is 5.91 Å². The maximum absolute atomic E-state index is 13.0. The van der Waals surface area contributed by atoms with Gasteiger partial charge in [0.05, 0.1) is 0 Å². The third-order valence-corrected chi connectivity index (χ3v) is 8.12. The Kier molecular flexibility index (Phi) is 6.26. The van der Waals surface area contributed by atoms with Crippen LogP contribution in [0.3, 0.4) is 0 Å². The number of ether oxygens (including phenoxy) is 1. The van der Waals surface area contributed by atoms with Gasteiger partial charge in [0.1, 0.15) is 12.0 Å². The molecule has 1 heterocycles. The van der Waals surface area contributed by atoms with E-state index >= 15 is 0 Å². The summed E-state index contributed by atoms with van der Waals surface area (Å²) < 4.78 is 5.68. The van der Waals surface area contributed by atoms with Crippen LogP contribution in [-0.2, 0) is 14.3 Å². The van der Waals surface area contributed by atoms with Gasteiger partial charge >= 0.3 is 12.1 Å². The van der Waals surface area contributed by atoms with Gasteiger partial charge in [-0.15, -0.1) is 0 Å². The van der Waals surface area contributed by atoms with Crippen LogP contribution in [-0.4, -0.2) is 53.7 Å². The van der Waals surface area contributed by atoms with Crippen molar-refractivity contribution in [1.29, 1.82) is 0 Å². The van der Waals surface area contributed by atoms with E-state index in [-0.39, 0.29) is 43.5 Å². The van der Waals surface area contributed by atoms with Gasteiger partial charge in [-0.1, -0.05) is 61.9 Å². The lowest BCUT2D eigenvalue weighted by atomic mass is 9.75. The second kappa shape index (κ2) is 9.36. The quantitative estimate of drug-likeness (QED) is 0.644. The second-order valence-corrected chi connectivity index (χ2v) is 10.2. The van der Waals surface area contributed by atoms with E-state index in [0.717, 1.165) is 19.3 Å². The van der Waals surface area contributed by atoms with Crippen LogP contribution in [0, 0.1) is 11.3 Å². The molecule has 2 fully saturated rings. The van der Waals surface area contributed by atoms with Crippen LogP contribution in [0.4, 0.5) is 4.79 Å². The molecule has 0 spiro atoms. The largest absolute Gasteiger partial charge is 0.481 e. The van der Waals surface area contributed by atoms with Crippen molar-refractivity contribution in [2.24, 2.45) is 11.3 Å². The van der Waals surface area contributed by atoms with E-state index in [4.69, 9.17) is 4.74 Å². The summed E-state index contributed by atoms with van der Waals surface area (Å²) in [4.78, 5) is 38.8. The summed E-state index contributed by atoms with van der Waals surface area (Å²) in [7, 11) is 0. The SMILES string of the molecule is CCC1(C(=O)O)CN(C(=O)[C@@H]2CCC[C@H](NC(=O)OCC3c4ccccc4-c4ccccc43)C2)C1. The van der Waals surface area contributed by atoms with E-state index in [2.05, 4.69) is 29.6 Å². The van der Waals surface area contributed by atoms with Gasteiger partial charge in [-0.25, -0.2) is 4.79 Å². The lowest BCUT2D eigenvalue weighted by molar-refractivity contribution is -0.168. The van der Waals surface area contributed by atoms with E-state index in [9.17, 15) is 19.5 Å². The average molecular weight is 477 g/mol. The third-order valence-electron chi connectivity index (χ3n) is 8.12. The number of likely N-dealkylation sites (tertiary alicyclic amines) is 1. The van der Waals surface area contributed by atoms with Crippen LogP contribution in [0.5, 0.6) is 0 Å². The van der Waals surface area contributed by atoms with Crippen LogP contribution in [0.15, 0.2) is 48.5 Å². The number of carbonyl (C=O) groups is 3. The van der Waals surface area contributed by atoms with E-state index in [1.807, 2.05) is 31.2 Å². The Morgan fingerprint density at radius 2 is 1.66 bits per heavy atom. The number of rotatable bonds is 6. The summed E-state index contributed by atoms with van der Waals surface area (Å²) in [6.07, 6.45) is 3.04. The number of carboxylic acids is 1. The molecule has 7 nitrogen and oxygen atoms in total. The number of hydrogen-bond acceptors (Lipinski definition) is 4. The molecule has 0 unspecified atom stereocenters. The average Bonchev–Trinajstić information content (AvgIpc) is 3.16. The Labute approximate surface area is 205 Å². The van der Waals surface area contributed by atoms with Gasteiger partial charge in [-0.05, 0) is 47.9 Å². The summed E-state index contributed by atoms with van der Waals surface area (Å²) in [5, 5.41) is 12.4. The van der Waals surface area contributed by atoms with Crippen LogP contribution in [0.25, 0.3) is 11.1 Å². The fourth-order valence-electron chi connectivity index (χ4n) is 5.96. The van der Waals surface area contributed by atoms with Gasteiger partial charge in [0, 0.05) is 31.0 Å². The lowest BCUT2D eigenvalue weighted by Gasteiger charge is -2.48. The molecular weight excluding hydrogens is 444 g/mol. The molecule has 2 aromatic carbocycles. The molecule has 3 aliphatic rings. The van der Waals surface area contributed by atoms with Crippen LogP contribution >= 0.6 is 0 Å². The predicted octanol–water partition coefficient (Wildman–Crippen LogP) is 4.41. The molecule has 2 N–H and O–H groups in total. The highest BCUT2D eigenvalue weighted by Crippen LogP contribution is 2.44. The van der Waals surface area contributed by atoms with Crippen molar-refractivity contribution >= 4 is 18.0 Å². The zero-order valence-corrected chi connectivity index (χ0v) is 20.0. The minimum absolute atomic E-state index is 0.00770. The number of hydrogen-bond donors (Lipinski definition) is 2. The molecule has 184 valence electrons. The highest BCUT2D eigenvalue weighted by atomic mass is 16.5. The number of amides is 2. The minimum atomic E-state index is -0.831. The van der Waals surface area contributed by atoms with Crippen molar-refractivity contribution in [2.45, 2.75) is 51.0 Å². The first kappa shape index (κ1) is 23.4. The summed E-state index contributed by atoms with van der Waals surface area (Å²) in [6.45, 7) is 2.67. The first-order valence-electron chi connectivity index (χ1n) is 12.6. The van der Waals surface area contributed by atoms with Crippen molar-refractivity contribution in [3.05, 3.63) is 59.7 Å². The maximum atomic E-state index is 13.0. The van der Waals surface area contributed by atoms with Gasteiger partial charge in [0.25, 0.3) is 0 Å². The summed E-state index contributed by atoms with van der Waals surface area (Å²) >= 11 is 0. The molecule has 1 saturated carbocycles. The molecule has 1 aliphatic heterocycles. The molecule has 2 amide bonds. The van der Waals surface area contributed by atoms with Gasteiger partial charge in [0.15, 0.2) is 0 Å². The molecule has 5 rings (SSSR count). The number of carbonyl (C=O) groups excluding carboxylic acids is 2. The Hall–Kier alpha value is -3.35. The smallest absolute Gasteiger partial charge is 0.407 e. The third kappa shape index (κ3) is 4.28. The van der Waals surface area contributed by atoms with Crippen LogP contribution < -0.4 is 5.32 Å². The molecule has 2 aromatic rings. The molecule has 0 bridgehead atoms. The number of carboxylic acid groups (broad SMARTS) is 1. The van der Waals surface area contributed by atoms with Crippen molar-refractivity contribution in [3.8, 4) is 11.1 Å². The maximum Gasteiger partial charge on any atom is 0.407 e. The summed E-state index contributed by atoms with van der Waals surface area (Å²) in [5.41, 5.74) is 3.91. The molecule has 0 aromatic heterocycles. The van der Waals surface area contributed by atoms with Crippen molar-refractivity contribution in [3.63, 3.8) is 0 Å². The molecule has 2 aliphatic carbocycles. The van der Waals surface area contributed by atoms with Gasteiger partial charge < -0.3 is 20.1 Å². The normalized spacial score (nSPS) is 22.5. The van der Waals surface area contributed by atoms with Crippen molar-refractivity contribution in [1.82, 2.24) is 10.2 Å². The molecule has 2 atom stereocenters. The molecular formula is C28H32N2O5. The first-order chi connectivity index (χ1) is 16.9. The van der Waals surface area contributed by atoms with Crippen molar-refractivity contribution < 1.29 is 24.2 Å². The Bertz CT molecular complexity index is 1090. The number of fused-ring (bicyclic) bond motifs is 3. The molecule has 1 saturated heterocycles. The number of benzene rings is 2. The summed E-state index contributed by atoms with van der Waals surface area (Å²) in [6, 6.07) is 16.3. The fraction of sp³-hybridized carbons (Fsp3) is 0.464. The van der Waals surface area contributed by atoms with Crippen LogP contribution in [0.2, 0.25) is 0 Å². The van der Waals surface area contributed by atoms with Gasteiger partial charge in [-0.2, -0.15) is 0 Å². The number of nitrogens with one attached hydrogen (secondary N) is 1. The number of nitrogens with zero attached hydrogens (tertiary/aromatic N) is 1. The summed E-state index contributed by atoms with van der Waals surface area (Å²) in [5.74, 6) is -1.00. The zero-order valence-electron chi connectivity index (χ0n) is 20.0. The monoisotopic (exact) mass is 476 g/mol. The number of aliphatic carboxylic acids is 1.